The molecule has 22 heteroatoms. The van der Waals surface area contributed by atoms with Crippen LogP contribution in [0.25, 0.3) is 11.1 Å². The van der Waals surface area contributed by atoms with Crippen molar-refractivity contribution in [2.45, 2.75) is 207 Å². The van der Waals surface area contributed by atoms with Crippen molar-refractivity contribution >= 4 is 74.8 Å². The SMILES string of the molecule is CC(=O)Oc1ccc(-c2ccc(OC(=O)Oc3ccc(C(C)(C)c4ccc(OC(=O)Oc5ccc(C(C)(C)C)cc5)cc4)cc3)cc2)cc1.COc1ccccc1CCC[Si](C)(C)O[Si](C)(O[Si](C)(C)CCCc1ccccc1OC(=O)Oc1ccc(C(C)(C)C)cc1)O[Si](C)(C)CC[Si](C)(C)O[Si](C)(C)C. The van der Waals surface area contributed by atoms with Crippen molar-refractivity contribution in [1.82, 2.24) is 0 Å². The van der Waals surface area contributed by atoms with E-state index in [2.05, 4.69) is 146 Å². The maximum absolute atomic E-state index is 12.9. The van der Waals surface area contributed by atoms with Crippen LogP contribution >= 0.6 is 0 Å². The number of hydrogen-bond donors (Lipinski definition) is 0. The number of aryl methyl sites for hydroxylation is 2. The third-order valence-electron chi connectivity index (χ3n) is 18.0. The molecular formula is C85H114O16Si6. The van der Waals surface area contributed by atoms with Crippen LogP contribution in [0.5, 0.6) is 46.0 Å². The molecule has 0 saturated heterocycles. The fourth-order valence-corrected chi connectivity index (χ4v) is 41.5. The van der Waals surface area contributed by atoms with Crippen LogP contribution in [-0.4, -0.2) is 81.9 Å². The predicted molar refractivity (Wildman–Crippen MR) is 443 cm³/mol. The van der Waals surface area contributed by atoms with Gasteiger partial charge in [-0.2, -0.15) is 0 Å². The summed E-state index contributed by atoms with van der Waals surface area (Å²) in [4.78, 5) is 48.9. The molecule has 107 heavy (non-hydrogen) atoms. The molecule has 0 bridgehead atoms. The van der Waals surface area contributed by atoms with Gasteiger partial charge in [0.15, 0.2) is 41.6 Å². The highest BCUT2D eigenvalue weighted by atomic mass is 28.5. The first kappa shape index (κ1) is 86.2. The highest BCUT2D eigenvalue weighted by Crippen LogP contribution is 2.38. The molecule has 0 radical (unpaired) electrons. The van der Waals surface area contributed by atoms with E-state index in [-0.39, 0.29) is 16.8 Å². The summed E-state index contributed by atoms with van der Waals surface area (Å²) < 4.78 is 72.1. The number of hydrogen-bond acceptors (Lipinski definition) is 16. The minimum Gasteiger partial charge on any atom is -0.496 e. The summed E-state index contributed by atoms with van der Waals surface area (Å²) in [5, 5.41) is 0. The van der Waals surface area contributed by atoms with Gasteiger partial charge in [-0.1, -0.05) is 165 Å². The molecule has 0 fully saturated rings. The second-order valence-corrected chi connectivity index (χ2v) is 58.6. The lowest BCUT2D eigenvalue weighted by Gasteiger charge is -2.44. The third-order valence-corrected chi connectivity index (χ3v) is 40.3. The Balaban J connectivity index is 0.000000302. The van der Waals surface area contributed by atoms with Crippen LogP contribution in [0.4, 0.5) is 14.4 Å². The summed E-state index contributed by atoms with van der Waals surface area (Å²) >= 11 is 0. The zero-order valence-corrected chi connectivity index (χ0v) is 73.2. The van der Waals surface area contributed by atoms with E-state index in [0.717, 1.165) is 89.0 Å². The van der Waals surface area contributed by atoms with Gasteiger partial charge in [-0.05, 0) is 262 Å². The number of para-hydroxylation sites is 2. The van der Waals surface area contributed by atoms with E-state index in [1.54, 1.807) is 67.8 Å². The molecule has 8 aromatic carbocycles. The monoisotopic (exact) mass is 1560 g/mol. The first-order chi connectivity index (χ1) is 49.9. The molecule has 0 aromatic heterocycles. The normalized spacial score (nSPS) is 12.9. The van der Waals surface area contributed by atoms with Crippen molar-refractivity contribution in [1.29, 1.82) is 0 Å². The van der Waals surface area contributed by atoms with Crippen molar-refractivity contribution in [2.75, 3.05) is 7.11 Å². The van der Waals surface area contributed by atoms with Crippen LogP contribution in [0.3, 0.4) is 0 Å². The molecule has 0 saturated carbocycles. The van der Waals surface area contributed by atoms with Crippen molar-refractivity contribution < 1.29 is 73.5 Å². The molecule has 0 amide bonds. The Hall–Kier alpha value is -8.02. The van der Waals surface area contributed by atoms with Gasteiger partial charge in [0.05, 0.1) is 7.11 Å². The van der Waals surface area contributed by atoms with Crippen molar-refractivity contribution in [3.8, 4) is 57.1 Å². The second kappa shape index (κ2) is 36.9. The van der Waals surface area contributed by atoms with Crippen LogP contribution in [0, 0.1) is 0 Å². The Morgan fingerprint density at radius 3 is 0.925 bits per heavy atom. The van der Waals surface area contributed by atoms with Crippen LogP contribution in [0.1, 0.15) is 109 Å². The van der Waals surface area contributed by atoms with Crippen molar-refractivity contribution in [3.05, 3.63) is 228 Å². The van der Waals surface area contributed by atoms with E-state index < -0.39 is 74.3 Å². The van der Waals surface area contributed by atoms with Crippen molar-refractivity contribution in [3.63, 3.8) is 0 Å². The molecule has 574 valence electrons. The Morgan fingerprint density at radius 2 is 0.598 bits per heavy atom. The summed E-state index contributed by atoms with van der Waals surface area (Å²) in [6.07, 6.45) is 1.15. The number of carbonyl (C=O) groups is 4. The van der Waals surface area contributed by atoms with Crippen LogP contribution in [0.15, 0.2) is 194 Å². The standard InChI is InChI=1S/C44H76O8Si6.C41H38O8/c1-44(2,3)39-29-31-40(32-30-39)47-43(45)48-42-28-20-18-24-38(42)26-22-34-55(10,11)51-58(16,52-57(14,15)36-35-56(12,13)49-53(5,6)7)50-54(8,9)33-21-25-37-23-17-19-27-41(37)46-4;1-27(42)45-33-17-7-28(8-18-33)29-9-19-34(20-10-29)46-38(43)48-36-23-13-31(14-24-36)41(5,6)32-15-25-37(26-16-32)49-39(44)47-35-21-11-30(12-22-35)40(2,3)4/h17-20,23-24,27-32H,21-22,25-26,33-36H2,1-16H3;7-26H,1-6H3. The highest BCUT2D eigenvalue weighted by Gasteiger charge is 2.49. The summed E-state index contributed by atoms with van der Waals surface area (Å²) in [7, 11) is -11.6. The lowest BCUT2D eigenvalue weighted by atomic mass is 9.78. The second-order valence-electron chi connectivity index (χ2n) is 33.3. The Kier molecular flexibility index (Phi) is 29.8. The van der Waals surface area contributed by atoms with E-state index in [0.29, 0.717) is 40.2 Å². The first-order valence-corrected chi connectivity index (χ1v) is 55.0. The molecule has 8 rings (SSSR count). The molecular weight excluding hydrogens is 1450 g/mol. The van der Waals surface area contributed by atoms with Gasteiger partial charge in [0.25, 0.3) is 0 Å². The van der Waals surface area contributed by atoms with Gasteiger partial charge in [0.1, 0.15) is 46.0 Å². The lowest BCUT2D eigenvalue weighted by molar-refractivity contribution is -0.131. The van der Waals surface area contributed by atoms with E-state index in [1.807, 2.05) is 121 Å². The van der Waals surface area contributed by atoms with E-state index in [9.17, 15) is 19.2 Å². The van der Waals surface area contributed by atoms with Gasteiger partial charge in [0.2, 0.25) is 0 Å². The maximum atomic E-state index is 12.9. The third kappa shape index (κ3) is 28.8. The van der Waals surface area contributed by atoms with Crippen molar-refractivity contribution in [2.24, 2.45) is 0 Å². The van der Waals surface area contributed by atoms with Crippen LogP contribution in [-0.2, 0) is 50.3 Å². The highest BCUT2D eigenvalue weighted by molar-refractivity contribution is 6.91. The predicted octanol–water partition coefficient (Wildman–Crippen LogP) is 23.5. The maximum Gasteiger partial charge on any atom is 0.519 e. The van der Waals surface area contributed by atoms with Gasteiger partial charge in [-0.3, -0.25) is 4.79 Å². The summed E-state index contributed by atoms with van der Waals surface area (Å²) in [5.41, 5.74) is 7.88. The molecule has 0 N–H and O–H groups in total. The molecule has 16 nitrogen and oxygen atoms in total. The minimum atomic E-state index is -3.10. The molecule has 1 atom stereocenters. The smallest absolute Gasteiger partial charge is 0.496 e. The number of carbonyl (C=O) groups excluding carboxylic acids is 4. The van der Waals surface area contributed by atoms with Gasteiger partial charge < -0.3 is 54.4 Å². The number of benzene rings is 8. The molecule has 0 aliphatic carbocycles. The topological polar surface area (TPSA) is 179 Å². The molecule has 0 aliphatic heterocycles. The van der Waals surface area contributed by atoms with Crippen LogP contribution in [0.2, 0.25) is 103 Å². The summed E-state index contributed by atoms with van der Waals surface area (Å²) in [6, 6.07) is 63.5. The lowest BCUT2D eigenvalue weighted by Crippen LogP contribution is -2.60. The average Bonchev–Trinajstić information content (AvgIpc) is 0.803. The number of ether oxygens (including phenoxy) is 8. The Labute approximate surface area is 643 Å². The minimum absolute atomic E-state index is 0.0000127. The number of esters is 1. The molecule has 0 spiro atoms. The van der Waals surface area contributed by atoms with Gasteiger partial charge in [-0.25, -0.2) is 14.4 Å². The number of rotatable bonds is 30. The zero-order valence-electron chi connectivity index (χ0n) is 67.2. The molecule has 1 unspecified atom stereocenters. The summed E-state index contributed by atoms with van der Waals surface area (Å²) in [5.74, 6) is 3.44. The molecule has 8 aromatic rings. The van der Waals surface area contributed by atoms with Crippen LogP contribution < -0.4 is 37.9 Å². The Morgan fingerprint density at radius 1 is 0.318 bits per heavy atom. The molecule has 0 aliphatic rings. The quantitative estimate of drug-likeness (QED) is 0.0179. The van der Waals surface area contributed by atoms with E-state index in [1.165, 1.54) is 18.1 Å². The van der Waals surface area contributed by atoms with Gasteiger partial charge >= 0.3 is 33.2 Å². The average molecular weight is 1560 g/mol. The first-order valence-electron chi connectivity index (χ1n) is 36.9. The van der Waals surface area contributed by atoms with E-state index >= 15 is 0 Å². The number of methoxy groups -OCH3 is 1. The Bertz CT molecular complexity index is 4200. The van der Waals surface area contributed by atoms with Gasteiger partial charge in [0, 0.05) is 18.9 Å². The van der Waals surface area contributed by atoms with Gasteiger partial charge in [-0.15, -0.1) is 0 Å². The summed E-state index contributed by atoms with van der Waals surface area (Å²) in [6.45, 7) is 45.9. The fourth-order valence-electron chi connectivity index (χ4n) is 12.7. The van der Waals surface area contributed by atoms with E-state index in [4.69, 9.17) is 54.4 Å². The largest absolute Gasteiger partial charge is 0.519 e. The molecule has 0 heterocycles. The zero-order chi connectivity index (χ0) is 78.8. The fraction of sp³-hybridized carbons (Fsp3) is 0.388.